The number of pyridine rings is 1. The fourth-order valence-electron chi connectivity index (χ4n) is 5.28. The number of rotatable bonds is 5. The molecule has 3 aliphatic rings. The number of anilines is 1. The van der Waals surface area contributed by atoms with Crippen molar-refractivity contribution in [2.45, 2.75) is 77.0 Å². The lowest BCUT2D eigenvalue weighted by Gasteiger charge is -2.33. The van der Waals surface area contributed by atoms with Crippen molar-refractivity contribution in [2.24, 2.45) is 11.1 Å². The molecule has 5 rings (SSSR count). The van der Waals surface area contributed by atoms with Crippen molar-refractivity contribution in [3.05, 3.63) is 17.5 Å². The van der Waals surface area contributed by atoms with Gasteiger partial charge in [-0.3, -0.25) is 4.79 Å². The maximum absolute atomic E-state index is 11.4. The number of aliphatic carboxylic acids is 1. The highest BCUT2D eigenvalue weighted by Crippen LogP contribution is 2.43. The highest BCUT2D eigenvalue weighted by atomic mass is 16.7. The van der Waals surface area contributed by atoms with E-state index in [2.05, 4.69) is 17.4 Å². The molecule has 9 nitrogen and oxygen atoms in total. The summed E-state index contributed by atoms with van der Waals surface area (Å²) in [5, 5.41) is 23.4. The Labute approximate surface area is 187 Å². The summed E-state index contributed by atoms with van der Waals surface area (Å²) in [6.07, 6.45) is 7.15. The second-order valence-electron chi connectivity index (χ2n) is 9.28. The number of carboxylic acid groups (broad SMARTS) is 1. The lowest BCUT2D eigenvalue weighted by atomic mass is 9.76. The van der Waals surface area contributed by atoms with Crippen molar-refractivity contribution in [1.29, 1.82) is 0 Å². The van der Waals surface area contributed by atoms with E-state index in [9.17, 15) is 9.90 Å². The van der Waals surface area contributed by atoms with Crippen molar-refractivity contribution >= 4 is 28.4 Å². The van der Waals surface area contributed by atoms with E-state index in [1.807, 2.05) is 17.8 Å². The first kappa shape index (κ1) is 21.2. The minimum atomic E-state index is -0.708. The van der Waals surface area contributed by atoms with Crippen LogP contribution in [0, 0.1) is 12.8 Å². The van der Waals surface area contributed by atoms with Crippen molar-refractivity contribution < 1.29 is 19.5 Å². The van der Waals surface area contributed by atoms with E-state index in [0.717, 1.165) is 66.3 Å². The maximum atomic E-state index is 11.4. The van der Waals surface area contributed by atoms with Crippen LogP contribution < -0.4 is 5.32 Å². The Morgan fingerprint density at radius 2 is 2.03 bits per heavy atom. The number of nitrogens with zero attached hydrogens (tertiary/aromatic N) is 4. The average Bonchev–Trinajstić information content (AvgIpc) is 3.36. The zero-order valence-corrected chi connectivity index (χ0v) is 18.8. The molecule has 2 N–H and O–H groups in total. The SMILES string of the molecule is CCn1nc(C)c2c(NC3CCOCC3)c(C3=NOC4(CCC(C(=O)O)CC4)C3)cnc21. The normalized spacial score (nSPS) is 26.3. The summed E-state index contributed by atoms with van der Waals surface area (Å²) >= 11 is 0. The molecule has 2 aliphatic heterocycles. The lowest BCUT2D eigenvalue weighted by molar-refractivity contribution is -0.145. The number of ether oxygens (including phenoxy) is 1. The van der Waals surface area contributed by atoms with Crippen molar-refractivity contribution in [1.82, 2.24) is 14.8 Å². The van der Waals surface area contributed by atoms with E-state index in [0.29, 0.717) is 38.1 Å². The summed E-state index contributed by atoms with van der Waals surface area (Å²) in [6.45, 7) is 6.36. The molecule has 0 radical (unpaired) electrons. The topological polar surface area (TPSA) is 111 Å². The second-order valence-corrected chi connectivity index (χ2v) is 9.28. The van der Waals surface area contributed by atoms with Crippen LogP contribution in [0.4, 0.5) is 5.69 Å². The van der Waals surface area contributed by atoms with Gasteiger partial charge in [0, 0.05) is 44.0 Å². The average molecular weight is 442 g/mol. The number of aromatic nitrogens is 3. The summed E-state index contributed by atoms with van der Waals surface area (Å²) in [5.74, 6) is -0.987. The van der Waals surface area contributed by atoms with Gasteiger partial charge in [0.15, 0.2) is 5.65 Å². The van der Waals surface area contributed by atoms with Crippen LogP contribution >= 0.6 is 0 Å². The van der Waals surface area contributed by atoms with Crippen molar-refractivity contribution in [2.75, 3.05) is 18.5 Å². The molecule has 4 heterocycles. The predicted molar refractivity (Wildman–Crippen MR) is 120 cm³/mol. The molecule has 0 unspecified atom stereocenters. The molecule has 0 bridgehead atoms. The molecule has 1 saturated heterocycles. The minimum absolute atomic E-state index is 0.278. The van der Waals surface area contributed by atoms with Gasteiger partial charge in [-0.25, -0.2) is 9.67 Å². The standard InChI is InChI=1S/C23H31N5O4/c1-3-28-21-19(14(2)26-28)20(25-16-6-10-31-11-7-16)17(13-24-21)18-12-23(32-27-18)8-4-15(5-9-23)22(29)30/h13,15-16H,3-12H2,1-2H3,(H,24,25)(H,29,30). The van der Waals surface area contributed by atoms with Gasteiger partial charge in [-0.05, 0) is 52.4 Å². The van der Waals surface area contributed by atoms with E-state index in [1.54, 1.807) is 0 Å². The number of hydrogen-bond donors (Lipinski definition) is 2. The Morgan fingerprint density at radius 1 is 1.28 bits per heavy atom. The Balaban J connectivity index is 1.48. The van der Waals surface area contributed by atoms with Crippen LogP contribution in [0.3, 0.4) is 0 Å². The van der Waals surface area contributed by atoms with Gasteiger partial charge in [0.2, 0.25) is 0 Å². The zero-order chi connectivity index (χ0) is 22.3. The summed E-state index contributed by atoms with van der Waals surface area (Å²) in [4.78, 5) is 22.1. The first-order valence-corrected chi connectivity index (χ1v) is 11.7. The van der Waals surface area contributed by atoms with Crippen molar-refractivity contribution in [3.8, 4) is 0 Å². The predicted octanol–water partition coefficient (Wildman–Crippen LogP) is 3.49. The molecule has 2 aromatic rings. The van der Waals surface area contributed by atoms with Gasteiger partial charge in [-0.2, -0.15) is 5.10 Å². The zero-order valence-electron chi connectivity index (χ0n) is 18.8. The highest BCUT2D eigenvalue weighted by molar-refractivity contribution is 6.11. The number of hydrogen-bond acceptors (Lipinski definition) is 7. The van der Waals surface area contributed by atoms with E-state index >= 15 is 0 Å². The number of aryl methyl sites for hydroxylation is 2. The summed E-state index contributed by atoms with van der Waals surface area (Å²) in [7, 11) is 0. The molecule has 0 aromatic carbocycles. The molecule has 32 heavy (non-hydrogen) atoms. The Morgan fingerprint density at radius 3 is 2.72 bits per heavy atom. The van der Waals surface area contributed by atoms with Gasteiger partial charge in [-0.15, -0.1) is 0 Å². The molecule has 0 amide bonds. The van der Waals surface area contributed by atoms with Crippen molar-refractivity contribution in [3.63, 3.8) is 0 Å². The molecule has 1 aliphatic carbocycles. The molecule has 9 heteroatoms. The number of oxime groups is 1. The van der Waals surface area contributed by atoms with Crippen LogP contribution in [-0.2, 0) is 20.9 Å². The summed E-state index contributed by atoms with van der Waals surface area (Å²) in [6, 6.07) is 0.320. The van der Waals surface area contributed by atoms with Crippen LogP contribution in [0.5, 0.6) is 0 Å². The third kappa shape index (κ3) is 3.72. The first-order valence-electron chi connectivity index (χ1n) is 11.7. The van der Waals surface area contributed by atoms with Gasteiger partial charge in [0.05, 0.1) is 28.4 Å². The molecule has 2 fully saturated rings. The minimum Gasteiger partial charge on any atom is -0.481 e. The molecule has 2 aromatic heterocycles. The van der Waals surface area contributed by atoms with Crippen LogP contribution in [0.25, 0.3) is 11.0 Å². The lowest BCUT2D eigenvalue weighted by Crippen LogP contribution is -2.36. The highest BCUT2D eigenvalue weighted by Gasteiger charge is 2.44. The van der Waals surface area contributed by atoms with E-state index < -0.39 is 11.6 Å². The van der Waals surface area contributed by atoms with Crippen LogP contribution in [0.1, 0.15) is 63.1 Å². The fraction of sp³-hybridized carbons (Fsp3) is 0.652. The van der Waals surface area contributed by atoms with E-state index in [4.69, 9.17) is 19.7 Å². The van der Waals surface area contributed by atoms with Gasteiger partial charge in [0.1, 0.15) is 5.60 Å². The fourth-order valence-corrected chi connectivity index (χ4v) is 5.28. The number of carbonyl (C=O) groups is 1. The van der Waals surface area contributed by atoms with Gasteiger partial charge in [0.25, 0.3) is 0 Å². The quantitative estimate of drug-likeness (QED) is 0.731. The monoisotopic (exact) mass is 441 g/mol. The number of carboxylic acids is 1. The maximum Gasteiger partial charge on any atom is 0.306 e. The molecule has 0 atom stereocenters. The molecular weight excluding hydrogens is 410 g/mol. The Kier molecular flexibility index (Phi) is 5.53. The van der Waals surface area contributed by atoms with Gasteiger partial charge < -0.3 is 20.0 Å². The molecule has 1 saturated carbocycles. The molecular formula is C23H31N5O4. The van der Waals surface area contributed by atoms with Crippen LogP contribution in [0.2, 0.25) is 0 Å². The van der Waals surface area contributed by atoms with E-state index in [1.165, 1.54) is 0 Å². The third-order valence-electron chi connectivity index (χ3n) is 7.20. The van der Waals surface area contributed by atoms with Crippen LogP contribution in [-0.4, -0.2) is 56.4 Å². The Bertz CT molecular complexity index is 1050. The second kappa shape index (κ2) is 8.35. The van der Waals surface area contributed by atoms with Gasteiger partial charge in [-0.1, -0.05) is 5.16 Å². The third-order valence-corrected chi connectivity index (χ3v) is 7.20. The summed E-state index contributed by atoms with van der Waals surface area (Å²) in [5.41, 5.74) is 4.29. The number of fused-ring (bicyclic) bond motifs is 1. The molecule has 1 spiro atoms. The summed E-state index contributed by atoms with van der Waals surface area (Å²) < 4.78 is 7.48. The smallest absolute Gasteiger partial charge is 0.306 e. The first-order chi connectivity index (χ1) is 15.5. The van der Waals surface area contributed by atoms with Crippen LogP contribution in [0.15, 0.2) is 11.4 Å². The Hall–Kier alpha value is -2.68. The van der Waals surface area contributed by atoms with E-state index in [-0.39, 0.29) is 5.92 Å². The number of nitrogens with one attached hydrogen (secondary N) is 1. The van der Waals surface area contributed by atoms with Gasteiger partial charge >= 0.3 is 5.97 Å². The molecule has 172 valence electrons. The largest absolute Gasteiger partial charge is 0.481 e.